The number of carbonyl (C=O) groups is 1. The van der Waals surface area contributed by atoms with E-state index in [2.05, 4.69) is 15.7 Å². The van der Waals surface area contributed by atoms with Gasteiger partial charge in [0, 0.05) is 20.2 Å². The van der Waals surface area contributed by atoms with Crippen molar-refractivity contribution in [1.82, 2.24) is 15.6 Å². The molecular weight excluding hydrogens is 250 g/mol. The lowest BCUT2D eigenvalue weighted by Gasteiger charge is -2.29. The summed E-state index contributed by atoms with van der Waals surface area (Å²) < 4.78 is 10.1. The Labute approximate surface area is 113 Å². The SMILES string of the molecule is COCCN=C(NN)NC(C)C(=O)N1CCOCC1. The molecule has 4 N–H and O–H groups in total. The largest absolute Gasteiger partial charge is 0.383 e. The molecule has 0 aromatic carbocycles. The number of nitrogens with one attached hydrogen (secondary N) is 2. The van der Waals surface area contributed by atoms with Crippen molar-refractivity contribution in [1.29, 1.82) is 0 Å². The Kier molecular flexibility index (Phi) is 7.16. The minimum absolute atomic E-state index is 0.0120. The van der Waals surface area contributed by atoms with E-state index >= 15 is 0 Å². The van der Waals surface area contributed by atoms with Crippen LogP contribution in [-0.4, -0.2) is 69.4 Å². The molecule has 0 aromatic heterocycles. The van der Waals surface area contributed by atoms with E-state index in [4.69, 9.17) is 15.3 Å². The van der Waals surface area contributed by atoms with E-state index in [-0.39, 0.29) is 5.91 Å². The van der Waals surface area contributed by atoms with Gasteiger partial charge in [-0.3, -0.25) is 10.2 Å². The Bertz CT molecular complexity index is 305. The number of carbonyl (C=O) groups excluding carboxylic acids is 1. The highest BCUT2D eigenvalue weighted by Gasteiger charge is 2.22. The Morgan fingerprint density at radius 2 is 2.21 bits per heavy atom. The molecule has 0 bridgehead atoms. The minimum Gasteiger partial charge on any atom is -0.383 e. The standard InChI is InChI=1S/C11H23N5O3/c1-9(10(17)16-4-7-19-8-5-16)14-11(15-12)13-3-6-18-2/h9H,3-8,12H2,1-2H3,(H2,13,14,15). The molecule has 0 spiro atoms. The van der Waals surface area contributed by atoms with Gasteiger partial charge in [0.1, 0.15) is 6.04 Å². The molecule has 19 heavy (non-hydrogen) atoms. The zero-order valence-electron chi connectivity index (χ0n) is 11.5. The second-order valence-electron chi connectivity index (χ2n) is 4.17. The van der Waals surface area contributed by atoms with E-state index in [1.807, 2.05) is 0 Å². The predicted molar refractivity (Wildman–Crippen MR) is 71.5 cm³/mol. The molecule has 1 atom stereocenters. The van der Waals surface area contributed by atoms with Crippen LogP contribution < -0.4 is 16.6 Å². The quantitative estimate of drug-likeness (QED) is 0.181. The molecule has 1 aliphatic heterocycles. The van der Waals surface area contributed by atoms with Gasteiger partial charge in [0.2, 0.25) is 11.9 Å². The number of amides is 1. The third kappa shape index (κ3) is 5.41. The number of methoxy groups -OCH3 is 1. The fraction of sp³-hybridized carbons (Fsp3) is 0.818. The lowest BCUT2D eigenvalue weighted by molar-refractivity contribution is -0.136. The maximum atomic E-state index is 12.1. The van der Waals surface area contributed by atoms with Crippen molar-refractivity contribution < 1.29 is 14.3 Å². The molecular formula is C11H23N5O3. The molecule has 1 saturated heterocycles. The summed E-state index contributed by atoms with van der Waals surface area (Å²) in [6.07, 6.45) is 0. The summed E-state index contributed by atoms with van der Waals surface area (Å²) in [6, 6.07) is -0.393. The average Bonchev–Trinajstić information content (AvgIpc) is 2.46. The minimum atomic E-state index is -0.393. The van der Waals surface area contributed by atoms with Crippen molar-refractivity contribution in [2.75, 3.05) is 46.6 Å². The topological polar surface area (TPSA) is 101 Å². The highest BCUT2D eigenvalue weighted by molar-refractivity contribution is 5.88. The van der Waals surface area contributed by atoms with Crippen molar-refractivity contribution in [3.63, 3.8) is 0 Å². The van der Waals surface area contributed by atoms with Crippen LogP contribution in [0.1, 0.15) is 6.92 Å². The molecule has 8 nitrogen and oxygen atoms in total. The van der Waals surface area contributed by atoms with Crippen molar-refractivity contribution >= 4 is 11.9 Å². The number of morpholine rings is 1. The normalized spacial score (nSPS) is 18.1. The third-order valence-corrected chi connectivity index (χ3v) is 2.75. The van der Waals surface area contributed by atoms with Gasteiger partial charge in [-0.1, -0.05) is 0 Å². The Balaban J connectivity index is 2.44. The highest BCUT2D eigenvalue weighted by atomic mass is 16.5. The number of hydrogen-bond donors (Lipinski definition) is 3. The van der Waals surface area contributed by atoms with Crippen molar-refractivity contribution in [3.8, 4) is 0 Å². The summed E-state index contributed by atoms with van der Waals surface area (Å²) in [5, 5.41) is 2.95. The fourth-order valence-corrected chi connectivity index (χ4v) is 1.71. The second kappa shape index (κ2) is 8.68. The van der Waals surface area contributed by atoms with Gasteiger partial charge in [0.25, 0.3) is 0 Å². The molecule has 110 valence electrons. The van der Waals surface area contributed by atoms with E-state index < -0.39 is 6.04 Å². The lowest BCUT2D eigenvalue weighted by Crippen LogP contribution is -2.54. The second-order valence-corrected chi connectivity index (χ2v) is 4.17. The summed E-state index contributed by atoms with van der Waals surface area (Å²) in [5.41, 5.74) is 2.44. The van der Waals surface area contributed by atoms with E-state index in [0.29, 0.717) is 45.4 Å². The molecule has 1 aliphatic rings. The van der Waals surface area contributed by atoms with E-state index in [1.165, 1.54) is 0 Å². The summed E-state index contributed by atoms with van der Waals surface area (Å²) in [5.74, 6) is 5.75. The van der Waals surface area contributed by atoms with Gasteiger partial charge >= 0.3 is 0 Å². The number of nitrogens with zero attached hydrogens (tertiary/aromatic N) is 2. The van der Waals surface area contributed by atoms with Crippen LogP contribution in [0.15, 0.2) is 4.99 Å². The van der Waals surface area contributed by atoms with Crippen LogP contribution in [0.3, 0.4) is 0 Å². The lowest BCUT2D eigenvalue weighted by atomic mass is 10.2. The van der Waals surface area contributed by atoms with Crippen LogP contribution in [0.4, 0.5) is 0 Å². The first kappa shape index (κ1) is 15.7. The molecule has 0 saturated carbocycles. The average molecular weight is 273 g/mol. The number of nitrogens with two attached hydrogens (primary N) is 1. The van der Waals surface area contributed by atoms with Gasteiger partial charge in [0.05, 0.1) is 26.4 Å². The molecule has 1 amide bonds. The Hall–Kier alpha value is -1.38. The van der Waals surface area contributed by atoms with E-state index in [9.17, 15) is 4.79 Å². The van der Waals surface area contributed by atoms with Crippen LogP contribution >= 0.6 is 0 Å². The third-order valence-electron chi connectivity index (χ3n) is 2.75. The van der Waals surface area contributed by atoms with Crippen LogP contribution in [0.5, 0.6) is 0 Å². The molecule has 1 fully saturated rings. The molecule has 0 aromatic rings. The van der Waals surface area contributed by atoms with Gasteiger partial charge < -0.3 is 19.7 Å². The van der Waals surface area contributed by atoms with E-state index in [0.717, 1.165) is 0 Å². The Morgan fingerprint density at radius 1 is 1.53 bits per heavy atom. The zero-order valence-corrected chi connectivity index (χ0v) is 11.5. The smallest absolute Gasteiger partial charge is 0.245 e. The zero-order chi connectivity index (χ0) is 14.1. The summed E-state index contributed by atoms with van der Waals surface area (Å²) in [4.78, 5) is 18.1. The van der Waals surface area contributed by atoms with Crippen LogP contribution in [-0.2, 0) is 14.3 Å². The highest BCUT2D eigenvalue weighted by Crippen LogP contribution is 2.00. The van der Waals surface area contributed by atoms with Crippen molar-refractivity contribution in [2.45, 2.75) is 13.0 Å². The van der Waals surface area contributed by atoms with E-state index in [1.54, 1.807) is 18.9 Å². The fourth-order valence-electron chi connectivity index (χ4n) is 1.71. The van der Waals surface area contributed by atoms with Gasteiger partial charge in [-0.25, -0.2) is 10.8 Å². The van der Waals surface area contributed by atoms with Gasteiger partial charge in [-0.05, 0) is 6.92 Å². The van der Waals surface area contributed by atoms with Crippen molar-refractivity contribution in [3.05, 3.63) is 0 Å². The predicted octanol–water partition coefficient (Wildman–Crippen LogP) is -1.71. The number of aliphatic imine (C=N–C) groups is 1. The van der Waals surface area contributed by atoms with Crippen LogP contribution in [0.25, 0.3) is 0 Å². The molecule has 8 heteroatoms. The van der Waals surface area contributed by atoms with Gasteiger partial charge in [-0.15, -0.1) is 0 Å². The van der Waals surface area contributed by atoms with Crippen LogP contribution in [0, 0.1) is 0 Å². The summed E-state index contributed by atoms with van der Waals surface area (Å²) >= 11 is 0. The van der Waals surface area contributed by atoms with Gasteiger partial charge in [0.15, 0.2) is 0 Å². The number of rotatable bonds is 5. The maximum Gasteiger partial charge on any atom is 0.245 e. The van der Waals surface area contributed by atoms with Crippen LogP contribution in [0.2, 0.25) is 0 Å². The summed E-state index contributed by atoms with van der Waals surface area (Å²) in [7, 11) is 1.60. The number of hydrazine groups is 1. The molecule has 1 rings (SSSR count). The monoisotopic (exact) mass is 273 g/mol. The summed E-state index contributed by atoms with van der Waals surface area (Å²) in [6.45, 7) is 5.17. The Morgan fingerprint density at radius 3 is 2.79 bits per heavy atom. The number of ether oxygens (including phenoxy) is 2. The molecule has 0 aliphatic carbocycles. The first-order valence-electron chi connectivity index (χ1n) is 6.32. The van der Waals surface area contributed by atoms with Gasteiger partial charge in [-0.2, -0.15) is 0 Å². The first-order chi connectivity index (χ1) is 9.19. The van der Waals surface area contributed by atoms with Crippen molar-refractivity contribution in [2.24, 2.45) is 10.8 Å². The number of guanidine groups is 1. The maximum absolute atomic E-state index is 12.1. The molecule has 1 unspecified atom stereocenters. The molecule has 1 heterocycles. The molecule has 0 radical (unpaired) electrons. The first-order valence-corrected chi connectivity index (χ1v) is 6.32. The number of hydrogen-bond acceptors (Lipinski definition) is 5.